The minimum absolute atomic E-state index is 0.0507. The normalized spacial score (nSPS) is 12.2. The highest BCUT2D eigenvalue weighted by molar-refractivity contribution is 7.99. The van der Waals surface area contributed by atoms with Crippen LogP contribution in [0.1, 0.15) is 24.1 Å². The van der Waals surface area contributed by atoms with E-state index in [2.05, 4.69) is 4.98 Å². The molecule has 0 radical (unpaired) electrons. The van der Waals surface area contributed by atoms with E-state index in [4.69, 9.17) is 5.73 Å². The molecule has 2 N–H and O–H groups in total. The number of alkyl halides is 3. The highest BCUT2D eigenvalue weighted by atomic mass is 32.2. The van der Waals surface area contributed by atoms with Gasteiger partial charge in [0, 0.05) is 10.9 Å². The Bertz CT molecular complexity index is 1190. The molecule has 196 valence electrons. The first-order valence-corrected chi connectivity index (χ1v) is 13.5. The molecule has 1 heterocycles. The van der Waals surface area contributed by atoms with E-state index >= 15 is 0 Å². The lowest BCUT2D eigenvalue weighted by Crippen LogP contribution is -2.48. The second-order valence-electron chi connectivity index (χ2n) is 8.23. The van der Waals surface area contributed by atoms with E-state index in [1.165, 1.54) is 16.2 Å². The molecule has 0 unspecified atom stereocenters. The van der Waals surface area contributed by atoms with E-state index in [0.29, 0.717) is 12.1 Å². The van der Waals surface area contributed by atoms with Gasteiger partial charge >= 0.3 is 6.18 Å². The van der Waals surface area contributed by atoms with Crippen molar-refractivity contribution in [2.75, 3.05) is 11.5 Å². The third-order valence-corrected chi connectivity index (χ3v) is 7.43. The molecule has 6 nitrogen and oxygen atoms in total. The molecule has 0 spiro atoms. The highest BCUT2D eigenvalue weighted by Crippen LogP contribution is 2.25. The molecule has 2 aromatic carbocycles. The molecule has 0 saturated heterocycles. The maximum atomic E-state index is 13.3. The maximum Gasteiger partial charge on any atom is 0.450 e. The number of ketones is 1. The number of carbonyl (C=O) groups excluding carboxylic acids is 3. The van der Waals surface area contributed by atoms with Crippen LogP contribution in [0.25, 0.3) is 10.6 Å². The topological polar surface area (TPSA) is 93.4 Å². The number of amides is 2. The summed E-state index contributed by atoms with van der Waals surface area (Å²) in [6, 6.07) is 17.6. The van der Waals surface area contributed by atoms with Crippen LogP contribution in [-0.4, -0.2) is 51.2 Å². The molecule has 0 aliphatic rings. The van der Waals surface area contributed by atoms with E-state index in [1.54, 1.807) is 12.1 Å². The van der Waals surface area contributed by atoms with Crippen LogP contribution in [0.2, 0.25) is 0 Å². The number of primary amides is 1. The number of aromatic nitrogens is 1. The smallest absolute Gasteiger partial charge is 0.368 e. The SMILES string of the molecule is NC(=O)[C@H](CCCSCC(=O)C(F)(F)F)N(Cc1csc(-c2ccccc2)n1)C(=O)Cc1ccccc1. The summed E-state index contributed by atoms with van der Waals surface area (Å²) in [5.74, 6) is -3.31. The van der Waals surface area contributed by atoms with Crippen LogP contribution in [0, 0.1) is 0 Å². The van der Waals surface area contributed by atoms with Crippen molar-refractivity contribution in [3.8, 4) is 10.6 Å². The number of nitrogens with two attached hydrogens (primary N) is 1. The number of thioether (sulfide) groups is 1. The minimum Gasteiger partial charge on any atom is -0.368 e. The van der Waals surface area contributed by atoms with Gasteiger partial charge in [-0.05, 0) is 24.2 Å². The summed E-state index contributed by atoms with van der Waals surface area (Å²) in [6.45, 7) is 0.0578. The fourth-order valence-corrected chi connectivity index (χ4v) is 5.27. The van der Waals surface area contributed by atoms with E-state index < -0.39 is 29.7 Å². The van der Waals surface area contributed by atoms with Crippen LogP contribution in [0.3, 0.4) is 0 Å². The van der Waals surface area contributed by atoms with Crippen LogP contribution in [0.15, 0.2) is 66.0 Å². The van der Waals surface area contributed by atoms with Gasteiger partial charge < -0.3 is 10.6 Å². The summed E-state index contributed by atoms with van der Waals surface area (Å²) in [6.07, 6.45) is -4.37. The number of hydrogen-bond donors (Lipinski definition) is 1. The van der Waals surface area contributed by atoms with Crippen molar-refractivity contribution in [1.82, 2.24) is 9.88 Å². The number of nitrogens with zero attached hydrogens (tertiary/aromatic N) is 2. The van der Waals surface area contributed by atoms with Crippen molar-refractivity contribution < 1.29 is 27.6 Å². The molecule has 37 heavy (non-hydrogen) atoms. The standard InChI is InChI=1S/C26H26F3N3O3S2/c27-26(28,29)22(33)17-36-13-7-12-21(24(30)35)32(23(34)14-18-8-3-1-4-9-18)15-20-16-37-25(31-20)19-10-5-2-6-11-19/h1-6,8-11,16,21H,7,12-15,17H2,(H2,30,35)/t21-/m0/s1. The monoisotopic (exact) mass is 549 g/mol. The Morgan fingerprint density at radius 1 is 1.03 bits per heavy atom. The van der Waals surface area contributed by atoms with Gasteiger partial charge in [-0.25, -0.2) is 4.98 Å². The number of Topliss-reactive ketones (excluding diaryl/α,β-unsaturated/α-hetero) is 1. The molecule has 0 bridgehead atoms. The van der Waals surface area contributed by atoms with Crippen molar-refractivity contribution in [2.24, 2.45) is 5.73 Å². The van der Waals surface area contributed by atoms with Crippen LogP contribution < -0.4 is 5.73 Å². The number of benzene rings is 2. The molecule has 1 atom stereocenters. The average molecular weight is 550 g/mol. The van der Waals surface area contributed by atoms with Crippen molar-refractivity contribution in [3.63, 3.8) is 0 Å². The summed E-state index contributed by atoms with van der Waals surface area (Å²) in [5, 5.41) is 2.59. The molecule has 11 heteroatoms. The predicted octanol–water partition coefficient (Wildman–Crippen LogP) is 4.88. The molecule has 0 aliphatic carbocycles. The van der Waals surface area contributed by atoms with E-state index in [-0.39, 0.29) is 31.0 Å². The van der Waals surface area contributed by atoms with Gasteiger partial charge in [0.15, 0.2) is 0 Å². The summed E-state index contributed by atoms with van der Waals surface area (Å²) in [4.78, 5) is 42.9. The lowest BCUT2D eigenvalue weighted by atomic mass is 10.1. The third-order valence-electron chi connectivity index (χ3n) is 5.44. The summed E-state index contributed by atoms with van der Waals surface area (Å²) < 4.78 is 37.2. The first-order chi connectivity index (χ1) is 17.6. The zero-order chi connectivity index (χ0) is 26.8. The Morgan fingerprint density at radius 2 is 1.68 bits per heavy atom. The largest absolute Gasteiger partial charge is 0.450 e. The molecule has 2 amide bonds. The first kappa shape index (κ1) is 28.4. The maximum absolute atomic E-state index is 13.3. The lowest BCUT2D eigenvalue weighted by Gasteiger charge is -2.29. The van der Waals surface area contributed by atoms with Crippen LogP contribution in [0.4, 0.5) is 13.2 Å². The zero-order valence-electron chi connectivity index (χ0n) is 19.8. The summed E-state index contributed by atoms with van der Waals surface area (Å²) >= 11 is 2.25. The highest BCUT2D eigenvalue weighted by Gasteiger charge is 2.37. The van der Waals surface area contributed by atoms with E-state index in [0.717, 1.165) is 27.9 Å². The van der Waals surface area contributed by atoms with Crippen LogP contribution >= 0.6 is 23.1 Å². The van der Waals surface area contributed by atoms with Gasteiger partial charge in [0.1, 0.15) is 11.0 Å². The second kappa shape index (κ2) is 13.4. The zero-order valence-corrected chi connectivity index (χ0v) is 21.5. The van der Waals surface area contributed by atoms with Gasteiger partial charge in [-0.1, -0.05) is 60.7 Å². The van der Waals surface area contributed by atoms with Crippen LogP contribution in [-0.2, 0) is 27.3 Å². The molecule has 3 rings (SSSR count). The third kappa shape index (κ3) is 8.71. The molecule has 0 fully saturated rings. The number of rotatable bonds is 13. The Kier molecular flexibility index (Phi) is 10.3. The molecule has 3 aromatic rings. The van der Waals surface area contributed by atoms with Crippen molar-refractivity contribution in [1.29, 1.82) is 0 Å². The fourth-order valence-electron chi connectivity index (χ4n) is 3.59. The summed E-state index contributed by atoms with van der Waals surface area (Å²) in [5.41, 5.74) is 7.97. The predicted molar refractivity (Wildman–Crippen MR) is 139 cm³/mol. The average Bonchev–Trinajstić information content (AvgIpc) is 3.34. The number of halogens is 3. The first-order valence-electron chi connectivity index (χ1n) is 11.5. The van der Waals surface area contributed by atoms with E-state index in [1.807, 2.05) is 53.9 Å². The quantitative estimate of drug-likeness (QED) is 0.307. The van der Waals surface area contributed by atoms with Gasteiger partial charge in [0.25, 0.3) is 0 Å². The Labute approximate surface area is 221 Å². The molecular formula is C26H26F3N3O3S2. The molecule has 0 saturated carbocycles. The van der Waals surface area contributed by atoms with Gasteiger partial charge in [-0.2, -0.15) is 24.9 Å². The second-order valence-corrected chi connectivity index (χ2v) is 10.2. The van der Waals surface area contributed by atoms with E-state index in [9.17, 15) is 27.6 Å². The Morgan fingerprint density at radius 3 is 2.30 bits per heavy atom. The molecule has 0 aliphatic heterocycles. The van der Waals surface area contributed by atoms with Gasteiger partial charge in [0.05, 0.1) is 24.4 Å². The minimum atomic E-state index is -4.87. The molecular weight excluding hydrogens is 523 g/mol. The van der Waals surface area contributed by atoms with Crippen molar-refractivity contribution >= 4 is 40.7 Å². The number of hydrogen-bond acceptors (Lipinski definition) is 6. The van der Waals surface area contributed by atoms with Crippen LogP contribution in [0.5, 0.6) is 0 Å². The fraction of sp³-hybridized carbons (Fsp3) is 0.308. The van der Waals surface area contributed by atoms with Crippen molar-refractivity contribution in [2.45, 2.75) is 38.0 Å². The van der Waals surface area contributed by atoms with Gasteiger partial charge in [-0.15, -0.1) is 11.3 Å². The van der Waals surface area contributed by atoms with Gasteiger partial charge in [0.2, 0.25) is 17.6 Å². The summed E-state index contributed by atoms with van der Waals surface area (Å²) in [7, 11) is 0. The Balaban J connectivity index is 1.73. The molecule has 1 aromatic heterocycles. The van der Waals surface area contributed by atoms with Crippen molar-refractivity contribution in [3.05, 3.63) is 77.3 Å². The number of thiazole rings is 1. The number of carbonyl (C=O) groups is 3. The van der Waals surface area contributed by atoms with Gasteiger partial charge in [-0.3, -0.25) is 14.4 Å². The lowest BCUT2D eigenvalue weighted by molar-refractivity contribution is -0.167. The Hall–Kier alpha value is -3.18.